The van der Waals surface area contributed by atoms with Crippen molar-refractivity contribution in [2.45, 2.75) is 19.8 Å². The number of nitrogens with one attached hydrogen (secondary N) is 4. The average Bonchev–Trinajstić information content (AvgIpc) is 3.13. The molecule has 0 fully saturated rings. The van der Waals surface area contributed by atoms with Gasteiger partial charge in [0.1, 0.15) is 5.75 Å². The van der Waals surface area contributed by atoms with Crippen molar-refractivity contribution in [2.24, 2.45) is 0 Å². The third kappa shape index (κ3) is 2.28. The number of fused-ring (bicyclic) bond motifs is 1. The van der Waals surface area contributed by atoms with Crippen LogP contribution in [-0.4, -0.2) is 25.5 Å². The molecule has 0 aliphatic heterocycles. The summed E-state index contributed by atoms with van der Waals surface area (Å²) in [6.07, 6.45) is 0. The van der Waals surface area contributed by atoms with Crippen molar-refractivity contribution in [1.82, 2.24) is 20.4 Å². The van der Waals surface area contributed by atoms with Gasteiger partial charge in [0.2, 0.25) is 0 Å². The van der Waals surface area contributed by atoms with Crippen molar-refractivity contribution in [1.29, 1.82) is 0 Å². The summed E-state index contributed by atoms with van der Waals surface area (Å²) >= 11 is 0. The Morgan fingerprint density at radius 2 is 1.35 bits per heavy atom. The summed E-state index contributed by atoms with van der Waals surface area (Å²) in [6.45, 7) is 3.52. The fraction of sp³-hybridized carbons (Fsp3) is 0.158. The summed E-state index contributed by atoms with van der Waals surface area (Å²) in [4.78, 5) is 25.1. The highest BCUT2D eigenvalue weighted by molar-refractivity contribution is 5.89. The number of aromatic amines is 4. The van der Waals surface area contributed by atoms with Crippen LogP contribution in [0.2, 0.25) is 0 Å². The van der Waals surface area contributed by atoms with Gasteiger partial charge in [-0.2, -0.15) is 0 Å². The molecular formula is C19H18N4O3. The first-order valence-electron chi connectivity index (χ1n) is 8.24. The van der Waals surface area contributed by atoms with Crippen molar-refractivity contribution in [3.8, 4) is 5.75 Å². The Kier molecular flexibility index (Phi) is 3.57. The lowest BCUT2D eigenvalue weighted by Crippen LogP contribution is -2.20. The van der Waals surface area contributed by atoms with Crippen LogP contribution >= 0.6 is 0 Å². The largest absolute Gasteiger partial charge is 0.508 e. The molecule has 0 bridgehead atoms. The number of aryl methyl sites for hydroxylation is 2. The molecule has 5 N–H and O–H groups in total. The highest BCUT2D eigenvalue weighted by atomic mass is 16.3. The zero-order valence-corrected chi connectivity index (χ0v) is 14.3. The number of aromatic nitrogens is 4. The van der Waals surface area contributed by atoms with Gasteiger partial charge in [0.25, 0.3) is 11.1 Å². The minimum atomic E-state index is -0.717. The lowest BCUT2D eigenvalue weighted by Gasteiger charge is -2.19. The Balaban J connectivity index is 2.17. The molecule has 0 saturated heterocycles. The van der Waals surface area contributed by atoms with Crippen LogP contribution in [0.25, 0.3) is 10.8 Å². The number of benzene rings is 2. The second kappa shape index (κ2) is 5.80. The fourth-order valence-electron chi connectivity index (χ4n) is 3.63. The van der Waals surface area contributed by atoms with Gasteiger partial charge >= 0.3 is 0 Å². The second-order valence-corrected chi connectivity index (χ2v) is 6.39. The molecule has 0 aliphatic carbocycles. The first-order chi connectivity index (χ1) is 12.5. The van der Waals surface area contributed by atoms with Gasteiger partial charge in [-0.15, -0.1) is 0 Å². The average molecular weight is 350 g/mol. The van der Waals surface area contributed by atoms with E-state index in [2.05, 4.69) is 20.4 Å². The zero-order chi connectivity index (χ0) is 18.4. The van der Waals surface area contributed by atoms with Gasteiger partial charge in [-0.3, -0.25) is 19.8 Å². The molecule has 2 aromatic heterocycles. The summed E-state index contributed by atoms with van der Waals surface area (Å²) in [6, 6.07) is 11.0. The number of rotatable bonds is 3. The van der Waals surface area contributed by atoms with E-state index in [1.54, 1.807) is 19.9 Å². The van der Waals surface area contributed by atoms with Crippen LogP contribution in [0.4, 0.5) is 0 Å². The number of phenols is 1. The number of phenolic OH excluding ortho intramolecular Hbond substituents is 1. The van der Waals surface area contributed by atoms with Crippen LogP contribution < -0.4 is 11.1 Å². The molecule has 0 aliphatic rings. The van der Waals surface area contributed by atoms with E-state index < -0.39 is 5.92 Å². The smallest absolute Gasteiger partial charge is 0.268 e. The van der Waals surface area contributed by atoms with Gasteiger partial charge in [0, 0.05) is 17.0 Å². The molecule has 7 heteroatoms. The van der Waals surface area contributed by atoms with Crippen LogP contribution in [0.15, 0.2) is 46.0 Å². The van der Waals surface area contributed by atoms with Gasteiger partial charge in [-0.25, -0.2) is 0 Å². The topological polar surface area (TPSA) is 118 Å². The summed E-state index contributed by atoms with van der Waals surface area (Å²) < 4.78 is 0. The SMILES string of the molecule is Cc1[nH][nH]c(=O)c1C(c1c(C)[nH][nH]c1=O)c1c(O)ccc2ccccc12. The van der Waals surface area contributed by atoms with Gasteiger partial charge in [0.05, 0.1) is 17.0 Å². The van der Waals surface area contributed by atoms with Crippen LogP contribution in [0.5, 0.6) is 5.75 Å². The maximum atomic E-state index is 12.5. The lowest BCUT2D eigenvalue weighted by molar-refractivity contribution is 0.468. The molecule has 0 spiro atoms. The Bertz CT molecular complexity index is 1170. The molecule has 2 heterocycles. The highest BCUT2D eigenvalue weighted by Gasteiger charge is 2.31. The van der Waals surface area contributed by atoms with Crippen molar-refractivity contribution < 1.29 is 5.11 Å². The van der Waals surface area contributed by atoms with Crippen molar-refractivity contribution in [3.05, 3.63) is 85.2 Å². The van der Waals surface area contributed by atoms with Crippen molar-refractivity contribution >= 4 is 10.8 Å². The number of aromatic hydroxyl groups is 1. The molecular weight excluding hydrogens is 332 g/mol. The van der Waals surface area contributed by atoms with Gasteiger partial charge in [0.15, 0.2) is 0 Å². The van der Waals surface area contributed by atoms with Gasteiger partial charge in [-0.05, 0) is 30.7 Å². The molecule has 0 radical (unpaired) electrons. The first-order valence-corrected chi connectivity index (χ1v) is 8.24. The third-order valence-electron chi connectivity index (χ3n) is 4.84. The normalized spacial score (nSPS) is 11.5. The number of hydrogen-bond acceptors (Lipinski definition) is 3. The summed E-state index contributed by atoms with van der Waals surface area (Å²) in [5.41, 5.74) is 1.94. The fourth-order valence-corrected chi connectivity index (χ4v) is 3.63. The molecule has 4 aromatic rings. The molecule has 132 valence electrons. The van der Waals surface area contributed by atoms with Crippen LogP contribution in [-0.2, 0) is 0 Å². The van der Waals surface area contributed by atoms with E-state index >= 15 is 0 Å². The van der Waals surface area contributed by atoms with Crippen LogP contribution in [0.3, 0.4) is 0 Å². The number of hydrogen-bond donors (Lipinski definition) is 5. The molecule has 0 unspecified atom stereocenters. The molecule has 4 rings (SSSR count). The summed E-state index contributed by atoms with van der Waals surface area (Å²) in [7, 11) is 0. The minimum Gasteiger partial charge on any atom is -0.508 e. The first kappa shape index (κ1) is 16.0. The Labute approximate surface area is 147 Å². The molecule has 7 nitrogen and oxygen atoms in total. The van der Waals surface area contributed by atoms with E-state index in [1.807, 2.05) is 30.3 Å². The number of H-pyrrole nitrogens is 4. The molecule has 0 amide bonds. The second-order valence-electron chi connectivity index (χ2n) is 6.39. The van der Waals surface area contributed by atoms with Crippen LogP contribution in [0, 0.1) is 13.8 Å². The van der Waals surface area contributed by atoms with Gasteiger partial charge in [-0.1, -0.05) is 30.3 Å². The zero-order valence-electron chi connectivity index (χ0n) is 14.3. The maximum absolute atomic E-state index is 12.5. The molecule has 0 saturated carbocycles. The van der Waals surface area contributed by atoms with Gasteiger partial charge < -0.3 is 15.3 Å². The lowest BCUT2D eigenvalue weighted by atomic mass is 9.82. The van der Waals surface area contributed by atoms with Crippen molar-refractivity contribution in [2.75, 3.05) is 0 Å². The minimum absolute atomic E-state index is 0.0358. The van der Waals surface area contributed by atoms with Crippen molar-refractivity contribution in [3.63, 3.8) is 0 Å². The standard InChI is InChI=1S/C19H18N4O3/c1-9-14(18(25)22-20-9)17(15-10(2)21-23-19(15)26)16-12-6-4-3-5-11(12)7-8-13(16)24/h3-8,17,24H,1-2H3,(H2,20,22,25)(H2,21,23,26). The van der Waals surface area contributed by atoms with E-state index in [9.17, 15) is 14.7 Å². The molecule has 26 heavy (non-hydrogen) atoms. The van der Waals surface area contributed by atoms with E-state index in [4.69, 9.17) is 0 Å². The van der Waals surface area contributed by atoms with Crippen LogP contribution in [0.1, 0.15) is 34.0 Å². The summed E-state index contributed by atoms with van der Waals surface area (Å²) in [5, 5.41) is 23.2. The third-order valence-corrected chi connectivity index (χ3v) is 4.84. The van der Waals surface area contributed by atoms with E-state index in [-0.39, 0.29) is 16.9 Å². The monoisotopic (exact) mass is 350 g/mol. The molecule has 2 aromatic carbocycles. The quantitative estimate of drug-likeness (QED) is 0.390. The Morgan fingerprint density at radius 1 is 0.769 bits per heavy atom. The van der Waals surface area contributed by atoms with E-state index in [0.717, 1.165) is 10.8 Å². The Hall–Kier alpha value is -3.48. The summed E-state index contributed by atoms with van der Waals surface area (Å²) in [5.74, 6) is -0.681. The maximum Gasteiger partial charge on any atom is 0.268 e. The predicted octanol–water partition coefficient (Wildman–Crippen LogP) is 2.38. The highest BCUT2D eigenvalue weighted by Crippen LogP contribution is 2.40. The predicted molar refractivity (Wildman–Crippen MR) is 98.9 cm³/mol. The van der Waals surface area contributed by atoms with E-state index in [1.165, 1.54) is 0 Å². The Morgan fingerprint density at radius 3 is 1.88 bits per heavy atom. The molecule has 0 atom stereocenters. The van der Waals surface area contributed by atoms with E-state index in [0.29, 0.717) is 28.1 Å².